The maximum atomic E-state index is 12.2. The molecule has 5 nitrogen and oxygen atoms in total. The van der Waals surface area contributed by atoms with E-state index >= 15 is 0 Å². The Hall–Kier alpha value is -1.66. The molecule has 1 N–H and O–H groups in total. The molecule has 0 saturated carbocycles. The largest absolute Gasteiger partial charge is 0.360 e. The zero-order valence-electron chi connectivity index (χ0n) is 11.3. The van der Waals surface area contributed by atoms with E-state index in [9.17, 15) is 4.79 Å². The summed E-state index contributed by atoms with van der Waals surface area (Å²) in [6.07, 6.45) is 0. The molecule has 0 bridgehead atoms. The Kier molecular flexibility index (Phi) is 4.92. The van der Waals surface area contributed by atoms with Gasteiger partial charge in [-0.05, 0) is 24.6 Å². The number of nitrogens with zero attached hydrogens (tertiary/aromatic N) is 3. The van der Waals surface area contributed by atoms with Gasteiger partial charge in [-0.3, -0.25) is 4.79 Å². The molecule has 1 aromatic heterocycles. The lowest BCUT2D eigenvalue weighted by molar-refractivity contribution is 0.0784. The van der Waals surface area contributed by atoms with Crippen LogP contribution in [0.3, 0.4) is 0 Å². The molecule has 2 aromatic rings. The minimum absolute atomic E-state index is 0.137. The van der Waals surface area contributed by atoms with E-state index in [1.165, 1.54) is 11.3 Å². The molecule has 0 fully saturated rings. The van der Waals surface area contributed by atoms with Crippen molar-refractivity contribution < 1.29 is 4.79 Å². The first-order chi connectivity index (χ1) is 9.60. The number of rotatable bonds is 5. The topological polar surface area (TPSA) is 58.1 Å². The summed E-state index contributed by atoms with van der Waals surface area (Å²) in [5.41, 5.74) is 1.02. The van der Waals surface area contributed by atoms with Crippen LogP contribution in [-0.2, 0) is 6.54 Å². The van der Waals surface area contributed by atoms with Crippen molar-refractivity contribution in [3.05, 3.63) is 39.9 Å². The van der Waals surface area contributed by atoms with Gasteiger partial charge in [-0.25, -0.2) is 0 Å². The van der Waals surface area contributed by atoms with E-state index < -0.39 is 0 Å². The van der Waals surface area contributed by atoms with Crippen LogP contribution in [0.1, 0.15) is 22.3 Å². The fraction of sp³-hybridized carbons (Fsp3) is 0.308. The summed E-state index contributed by atoms with van der Waals surface area (Å²) < 4.78 is 0. The third-order valence-electron chi connectivity index (χ3n) is 2.62. The van der Waals surface area contributed by atoms with Gasteiger partial charge in [-0.1, -0.05) is 35.1 Å². The van der Waals surface area contributed by atoms with Gasteiger partial charge in [0, 0.05) is 25.2 Å². The van der Waals surface area contributed by atoms with E-state index in [1.54, 1.807) is 11.9 Å². The number of carbonyl (C=O) groups excluding carboxylic acids is 1. The minimum Gasteiger partial charge on any atom is -0.360 e. The van der Waals surface area contributed by atoms with Crippen LogP contribution in [0.15, 0.2) is 24.3 Å². The van der Waals surface area contributed by atoms with E-state index in [0.717, 1.165) is 12.1 Å². The molecule has 0 unspecified atom stereocenters. The fourth-order valence-electron chi connectivity index (χ4n) is 1.63. The van der Waals surface area contributed by atoms with Crippen molar-refractivity contribution in [2.24, 2.45) is 0 Å². The highest BCUT2D eigenvalue weighted by molar-refractivity contribution is 7.17. The van der Waals surface area contributed by atoms with Gasteiger partial charge in [0.2, 0.25) is 10.1 Å². The Morgan fingerprint density at radius 2 is 2.05 bits per heavy atom. The summed E-state index contributed by atoms with van der Waals surface area (Å²) in [4.78, 5) is 13.8. The van der Waals surface area contributed by atoms with Gasteiger partial charge in [0.25, 0.3) is 5.91 Å². The second-order valence-corrected chi connectivity index (χ2v) is 5.64. The summed E-state index contributed by atoms with van der Waals surface area (Å²) in [5.74, 6) is -0.137. The number of hydrogen-bond donors (Lipinski definition) is 1. The lowest BCUT2D eigenvalue weighted by Crippen LogP contribution is -2.26. The second kappa shape index (κ2) is 6.67. The van der Waals surface area contributed by atoms with Crippen molar-refractivity contribution in [2.45, 2.75) is 13.5 Å². The standard InChI is InChI=1S/C13H15ClN4OS/c1-3-15-13-17-16-11(20-13)12(19)18(2)8-9-4-6-10(14)7-5-9/h4-7H,3,8H2,1-2H3,(H,15,17). The van der Waals surface area contributed by atoms with E-state index in [1.807, 2.05) is 31.2 Å². The van der Waals surface area contributed by atoms with E-state index in [-0.39, 0.29) is 5.91 Å². The van der Waals surface area contributed by atoms with Crippen LogP contribution >= 0.6 is 22.9 Å². The molecule has 1 aromatic carbocycles. The van der Waals surface area contributed by atoms with Crippen molar-refractivity contribution in [3.8, 4) is 0 Å². The molecule has 106 valence electrons. The van der Waals surface area contributed by atoms with Crippen LogP contribution in [0, 0.1) is 0 Å². The van der Waals surface area contributed by atoms with Crippen LogP contribution in [-0.4, -0.2) is 34.6 Å². The summed E-state index contributed by atoms with van der Waals surface area (Å²) in [5, 5.41) is 12.6. The third kappa shape index (κ3) is 3.68. The summed E-state index contributed by atoms with van der Waals surface area (Å²) in [6.45, 7) is 3.23. The first-order valence-corrected chi connectivity index (χ1v) is 7.37. The lowest BCUT2D eigenvalue weighted by Gasteiger charge is -2.15. The molecule has 0 aliphatic rings. The lowest BCUT2D eigenvalue weighted by atomic mass is 10.2. The second-order valence-electron chi connectivity index (χ2n) is 4.23. The van der Waals surface area contributed by atoms with E-state index in [0.29, 0.717) is 21.7 Å². The summed E-state index contributed by atoms with van der Waals surface area (Å²) >= 11 is 7.10. The van der Waals surface area contributed by atoms with Gasteiger partial charge in [0.05, 0.1) is 0 Å². The summed E-state index contributed by atoms with van der Waals surface area (Å²) in [7, 11) is 1.74. The zero-order valence-corrected chi connectivity index (χ0v) is 12.8. The number of nitrogens with one attached hydrogen (secondary N) is 1. The zero-order chi connectivity index (χ0) is 14.5. The van der Waals surface area contributed by atoms with Crippen LogP contribution in [0.4, 0.5) is 5.13 Å². The van der Waals surface area contributed by atoms with Gasteiger partial charge >= 0.3 is 0 Å². The molecule has 1 amide bonds. The van der Waals surface area contributed by atoms with Gasteiger partial charge in [0.1, 0.15) is 0 Å². The van der Waals surface area contributed by atoms with Gasteiger partial charge in [-0.15, -0.1) is 10.2 Å². The smallest absolute Gasteiger partial charge is 0.284 e. The number of halogens is 1. The SMILES string of the molecule is CCNc1nnc(C(=O)N(C)Cc2ccc(Cl)cc2)s1. The molecule has 0 atom stereocenters. The molecular formula is C13H15ClN4OS. The van der Waals surface area contributed by atoms with Gasteiger partial charge < -0.3 is 10.2 Å². The van der Waals surface area contributed by atoms with Crippen LogP contribution in [0.5, 0.6) is 0 Å². The predicted octanol–water partition coefficient (Wildman–Crippen LogP) is 2.90. The van der Waals surface area contributed by atoms with Crippen molar-refractivity contribution in [1.82, 2.24) is 15.1 Å². The molecule has 0 aliphatic carbocycles. The van der Waals surface area contributed by atoms with Gasteiger partial charge in [-0.2, -0.15) is 0 Å². The number of amides is 1. The Balaban J connectivity index is 2.02. The Morgan fingerprint density at radius 3 is 2.70 bits per heavy atom. The molecule has 0 spiro atoms. The molecule has 2 rings (SSSR count). The highest BCUT2D eigenvalue weighted by atomic mass is 35.5. The Labute approximate surface area is 126 Å². The maximum absolute atomic E-state index is 12.2. The van der Waals surface area contributed by atoms with E-state index in [2.05, 4.69) is 15.5 Å². The predicted molar refractivity (Wildman–Crippen MR) is 81.3 cm³/mol. The van der Waals surface area contributed by atoms with Crippen molar-refractivity contribution in [3.63, 3.8) is 0 Å². The molecular weight excluding hydrogens is 296 g/mol. The van der Waals surface area contributed by atoms with E-state index in [4.69, 9.17) is 11.6 Å². The average Bonchev–Trinajstić information content (AvgIpc) is 2.89. The number of benzene rings is 1. The third-order valence-corrected chi connectivity index (χ3v) is 3.74. The first kappa shape index (κ1) is 14.7. The Bertz CT molecular complexity index is 584. The van der Waals surface area contributed by atoms with Crippen LogP contribution in [0.2, 0.25) is 5.02 Å². The van der Waals surface area contributed by atoms with Gasteiger partial charge in [0.15, 0.2) is 0 Å². The highest BCUT2D eigenvalue weighted by Crippen LogP contribution is 2.17. The summed E-state index contributed by atoms with van der Waals surface area (Å²) in [6, 6.07) is 7.42. The number of aromatic nitrogens is 2. The highest BCUT2D eigenvalue weighted by Gasteiger charge is 2.17. The maximum Gasteiger partial charge on any atom is 0.284 e. The first-order valence-electron chi connectivity index (χ1n) is 6.17. The van der Waals surface area contributed by atoms with Crippen molar-refractivity contribution >= 4 is 34.0 Å². The molecule has 1 heterocycles. The minimum atomic E-state index is -0.137. The Morgan fingerprint density at radius 1 is 1.35 bits per heavy atom. The average molecular weight is 311 g/mol. The number of anilines is 1. The quantitative estimate of drug-likeness (QED) is 0.922. The normalized spacial score (nSPS) is 10.3. The van der Waals surface area contributed by atoms with Crippen molar-refractivity contribution in [1.29, 1.82) is 0 Å². The monoisotopic (exact) mass is 310 g/mol. The molecule has 0 aliphatic heterocycles. The number of carbonyl (C=O) groups is 1. The molecule has 20 heavy (non-hydrogen) atoms. The van der Waals surface area contributed by atoms with Crippen LogP contribution in [0.25, 0.3) is 0 Å². The van der Waals surface area contributed by atoms with Crippen molar-refractivity contribution in [2.75, 3.05) is 18.9 Å². The molecule has 7 heteroatoms. The number of hydrogen-bond acceptors (Lipinski definition) is 5. The van der Waals surface area contributed by atoms with Crippen LogP contribution < -0.4 is 5.32 Å². The molecule has 0 radical (unpaired) electrons. The molecule has 0 saturated heterocycles. The fourth-order valence-corrected chi connectivity index (χ4v) is 2.56.